The van der Waals surface area contributed by atoms with Crippen molar-refractivity contribution in [3.63, 3.8) is 0 Å². The molecule has 5 nitrogen and oxygen atoms in total. The summed E-state index contributed by atoms with van der Waals surface area (Å²) in [7, 11) is 0. The van der Waals surface area contributed by atoms with Crippen molar-refractivity contribution < 1.29 is 14.5 Å². The Bertz CT molecular complexity index is 927. The van der Waals surface area contributed by atoms with Crippen LogP contribution in [0.5, 0.6) is 0 Å². The number of rotatable bonds is 3. The van der Waals surface area contributed by atoms with Crippen molar-refractivity contribution in [2.24, 2.45) is 11.1 Å². The van der Waals surface area contributed by atoms with Crippen molar-refractivity contribution >= 4 is 11.7 Å². The molecule has 2 aliphatic rings. The third-order valence-electron chi connectivity index (χ3n) is 4.13. The highest BCUT2D eigenvalue weighted by atomic mass is 16.7. The van der Waals surface area contributed by atoms with Crippen molar-refractivity contribution in [3.05, 3.63) is 101 Å². The lowest BCUT2D eigenvalue weighted by Crippen LogP contribution is -2.11. The largest absolute Gasteiger partial charge is 0.391 e. The topological polar surface area (TPSA) is 73.9 Å². The van der Waals surface area contributed by atoms with Gasteiger partial charge in [0.15, 0.2) is 0 Å². The molecule has 0 saturated heterocycles. The second-order valence-corrected chi connectivity index (χ2v) is 5.91. The first-order chi connectivity index (χ1) is 13.3. The quantitative estimate of drug-likeness (QED) is 0.504. The van der Waals surface area contributed by atoms with Crippen LogP contribution in [0.25, 0.3) is 0 Å². The normalized spacial score (nSPS) is 21.6. The molecule has 0 amide bonds. The average Bonchev–Trinajstić information content (AvgIpc) is 3.00. The van der Waals surface area contributed by atoms with Gasteiger partial charge in [-0.3, -0.25) is 0 Å². The van der Waals surface area contributed by atoms with E-state index in [0.717, 1.165) is 23.3 Å². The SMILES string of the molecule is NOC(=O)c1cccc(/C2=N/OC/C=C(/C3=CC=C=CC=C3)C/C=C\C2)c1. The summed E-state index contributed by atoms with van der Waals surface area (Å²) in [5.41, 5.74) is 7.24. The number of carbonyl (C=O) groups excluding carboxylic acids is 1. The first-order valence-electron chi connectivity index (χ1n) is 8.62. The number of carbonyl (C=O) groups is 1. The Morgan fingerprint density at radius 3 is 3.00 bits per heavy atom. The molecule has 1 aromatic carbocycles. The summed E-state index contributed by atoms with van der Waals surface area (Å²) in [5.74, 6) is 4.37. The highest BCUT2D eigenvalue weighted by molar-refractivity contribution is 6.03. The minimum absolute atomic E-state index is 0.361. The van der Waals surface area contributed by atoms with E-state index in [9.17, 15) is 4.79 Å². The Balaban J connectivity index is 1.78. The van der Waals surface area contributed by atoms with Crippen molar-refractivity contribution in [1.29, 1.82) is 0 Å². The average molecular weight is 360 g/mol. The Labute approximate surface area is 158 Å². The van der Waals surface area contributed by atoms with E-state index < -0.39 is 5.97 Å². The van der Waals surface area contributed by atoms with Crippen LogP contribution < -0.4 is 5.90 Å². The Hall–Kier alpha value is -3.40. The van der Waals surface area contributed by atoms with Gasteiger partial charge in [-0.2, -0.15) is 5.90 Å². The van der Waals surface area contributed by atoms with E-state index in [1.165, 1.54) is 5.57 Å². The molecule has 1 aromatic rings. The fourth-order valence-corrected chi connectivity index (χ4v) is 2.75. The van der Waals surface area contributed by atoms with Gasteiger partial charge >= 0.3 is 5.97 Å². The Morgan fingerprint density at radius 1 is 1.22 bits per heavy atom. The summed E-state index contributed by atoms with van der Waals surface area (Å²) in [6.45, 7) is 0.361. The molecule has 0 unspecified atom stereocenters. The molecular weight excluding hydrogens is 340 g/mol. The highest BCUT2D eigenvalue weighted by Crippen LogP contribution is 2.19. The van der Waals surface area contributed by atoms with Gasteiger partial charge in [0.1, 0.15) is 6.61 Å². The minimum atomic E-state index is -0.588. The smallest absolute Gasteiger partial charge is 0.356 e. The van der Waals surface area contributed by atoms with Crippen molar-refractivity contribution in [3.8, 4) is 0 Å². The molecule has 0 bridgehead atoms. The van der Waals surface area contributed by atoms with Gasteiger partial charge in [-0.05, 0) is 54.0 Å². The Morgan fingerprint density at radius 2 is 2.11 bits per heavy atom. The maximum Gasteiger partial charge on any atom is 0.356 e. The molecule has 136 valence electrons. The first kappa shape index (κ1) is 18.4. The second kappa shape index (κ2) is 9.34. The second-order valence-electron chi connectivity index (χ2n) is 5.91. The van der Waals surface area contributed by atoms with Crippen LogP contribution in [0.15, 0.2) is 94.9 Å². The third-order valence-corrected chi connectivity index (χ3v) is 4.13. The fraction of sp³-hybridized carbons (Fsp3) is 0.136. The van der Waals surface area contributed by atoms with Crippen LogP contribution >= 0.6 is 0 Å². The summed E-state index contributed by atoms with van der Waals surface area (Å²) in [4.78, 5) is 21.4. The number of nitrogens with two attached hydrogens (primary N) is 1. The number of hydrogen-bond acceptors (Lipinski definition) is 5. The molecule has 0 aromatic heterocycles. The minimum Gasteiger partial charge on any atom is -0.391 e. The maximum atomic E-state index is 11.6. The zero-order chi connectivity index (χ0) is 18.9. The molecule has 0 atom stereocenters. The van der Waals surface area contributed by atoms with Crippen LogP contribution in [0.3, 0.4) is 0 Å². The molecule has 27 heavy (non-hydrogen) atoms. The highest BCUT2D eigenvalue weighted by Gasteiger charge is 2.10. The van der Waals surface area contributed by atoms with Gasteiger partial charge in [0.25, 0.3) is 0 Å². The first-order valence-corrected chi connectivity index (χ1v) is 8.62. The zero-order valence-electron chi connectivity index (χ0n) is 14.8. The van der Waals surface area contributed by atoms with Crippen LogP contribution in [-0.4, -0.2) is 18.3 Å². The molecule has 2 N–H and O–H groups in total. The number of allylic oxidation sites excluding steroid dienone is 8. The van der Waals surface area contributed by atoms with E-state index in [4.69, 9.17) is 10.7 Å². The van der Waals surface area contributed by atoms with E-state index in [-0.39, 0.29) is 0 Å². The van der Waals surface area contributed by atoms with Crippen molar-refractivity contribution in [2.75, 3.05) is 6.61 Å². The van der Waals surface area contributed by atoms with E-state index in [1.54, 1.807) is 18.2 Å². The van der Waals surface area contributed by atoms with E-state index in [2.05, 4.69) is 27.9 Å². The molecule has 0 saturated carbocycles. The fourth-order valence-electron chi connectivity index (χ4n) is 2.75. The van der Waals surface area contributed by atoms with Crippen LogP contribution in [0, 0.1) is 0 Å². The molecule has 0 radical (unpaired) electrons. The zero-order valence-corrected chi connectivity index (χ0v) is 14.8. The third kappa shape index (κ3) is 5.05. The van der Waals surface area contributed by atoms with Crippen molar-refractivity contribution in [2.45, 2.75) is 12.8 Å². The van der Waals surface area contributed by atoms with Gasteiger partial charge in [0.05, 0.1) is 11.3 Å². The molecule has 0 fully saturated rings. The molecule has 1 aliphatic heterocycles. The monoisotopic (exact) mass is 360 g/mol. The molecule has 3 rings (SSSR count). The van der Waals surface area contributed by atoms with E-state index in [1.807, 2.05) is 42.5 Å². The molecule has 1 heterocycles. The van der Waals surface area contributed by atoms with Crippen LogP contribution in [-0.2, 0) is 9.68 Å². The van der Waals surface area contributed by atoms with Crippen LogP contribution in [0.1, 0.15) is 28.8 Å². The number of oxime groups is 1. The van der Waals surface area contributed by atoms with E-state index >= 15 is 0 Å². The van der Waals surface area contributed by atoms with Gasteiger partial charge in [0.2, 0.25) is 0 Å². The summed E-state index contributed by atoms with van der Waals surface area (Å²) in [6.07, 6.45) is 17.4. The number of nitrogens with zero attached hydrogens (tertiary/aromatic N) is 1. The summed E-state index contributed by atoms with van der Waals surface area (Å²) < 4.78 is 0. The van der Waals surface area contributed by atoms with Gasteiger partial charge in [-0.15, -0.1) is 5.73 Å². The number of benzene rings is 1. The van der Waals surface area contributed by atoms with E-state index in [0.29, 0.717) is 18.6 Å². The van der Waals surface area contributed by atoms with Gasteiger partial charge in [-0.25, -0.2) is 4.79 Å². The summed E-state index contributed by atoms with van der Waals surface area (Å²) >= 11 is 0. The summed E-state index contributed by atoms with van der Waals surface area (Å²) in [6, 6.07) is 6.97. The lowest BCUT2D eigenvalue weighted by Gasteiger charge is -2.10. The predicted octanol–water partition coefficient (Wildman–Crippen LogP) is 3.92. The predicted molar refractivity (Wildman–Crippen MR) is 105 cm³/mol. The number of hydrogen-bond donors (Lipinski definition) is 1. The Kier molecular flexibility index (Phi) is 6.36. The van der Waals surface area contributed by atoms with Crippen LogP contribution in [0.2, 0.25) is 0 Å². The van der Waals surface area contributed by atoms with Gasteiger partial charge in [-0.1, -0.05) is 41.6 Å². The molecule has 5 heteroatoms. The summed E-state index contributed by atoms with van der Waals surface area (Å²) in [5, 5.41) is 4.25. The van der Waals surface area contributed by atoms with Gasteiger partial charge in [0, 0.05) is 12.0 Å². The van der Waals surface area contributed by atoms with Crippen LogP contribution in [0.4, 0.5) is 0 Å². The molecule has 1 aliphatic carbocycles. The van der Waals surface area contributed by atoms with Crippen molar-refractivity contribution in [1.82, 2.24) is 0 Å². The maximum absolute atomic E-state index is 11.6. The lowest BCUT2D eigenvalue weighted by atomic mass is 10.00. The molecular formula is C22H20N2O3. The lowest BCUT2D eigenvalue weighted by molar-refractivity contribution is 0.0503. The molecule has 0 spiro atoms. The van der Waals surface area contributed by atoms with Gasteiger partial charge < -0.3 is 9.68 Å². The standard InChI is InChI=1S/C22H20N2O3/c23-27-22(25)20-12-7-11-19(16-20)21-13-6-5-10-18(14-15-26-24-21)17-8-3-1-2-4-9-17/h1,3-9,11-12,14,16H,10,13,15,23H2/b6-5-,18-14+,24-21+.